The van der Waals surface area contributed by atoms with E-state index in [1.807, 2.05) is 12.4 Å². The van der Waals surface area contributed by atoms with Gasteiger partial charge in [0.15, 0.2) is 0 Å². The number of methoxy groups -OCH3 is 2. The fraction of sp³-hybridized carbons (Fsp3) is 0.667. The van der Waals surface area contributed by atoms with E-state index in [1.54, 1.807) is 26.7 Å². The summed E-state index contributed by atoms with van der Waals surface area (Å²) in [6.45, 7) is 0. The van der Waals surface area contributed by atoms with Gasteiger partial charge in [-0.1, -0.05) is 0 Å². The summed E-state index contributed by atoms with van der Waals surface area (Å²) in [4.78, 5) is 0. The molecular formula is C12H28BrClN2O2. The van der Waals surface area contributed by atoms with Crippen molar-refractivity contribution in [2.75, 3.05) is 56.5 Å². The molecule has 0 aliphatic rings. The first-order chi connectivity index (χ1) is 7.12. The first-order valence-electron chi connectivity index (χ1n) is 5.15. The van der Waals surface area contributed by atoms with E-state index in [9.17, 15) is 0 Å². The average Bonchev–Trinajstić information content (AvgIpc) is 2.10. The van der Waals surface area contributed by atoms with E-state index < -0.39 is 0 Å². The van der Waals surface area contributed by atoms with Gasteiger partial charge in [0, 0.05) is 0 Å². The molecule has 0 aromatic carbocycles. The molecule has 0 rings (SSSR count). The Balaban J connectivity index is -0.0000000980. The third-order valence-electron chi connectivity index (χ3n) is 1.29. The highest BCUT2D eigenvalue weighted by atomic mass is 79.9. The summed E-state index contributed by atoms with van der Waals surface area (Å²) in [6, 6.07) is 0. The number of nitrogens with zero attached hydrogens (tertiary/aromatic N) is 2. The van der Waals surface area contributed by atoms with E-state index in [2.05, 4.69) is 42.3 Å². The summed E-state index contributed by atoms with van der Waals surface area (Å²) in [5.41, 5.74) is 0. The highest BCUT2D eigenvalue weighted by Crippen LogP contribution is 1.90. The van der Waals surface area contributed by atoms with Crippen molar-refractivity contribution in [2.24, 2.45) is 0 Å². The minimum atomic E-state index is 0. The summed E-state index contributed by atoms with van der Waals surface area (Å²) < 4.78 is 11.0. The fourth-order valence-electron chi connectivity index (χ4n) is 0.487. The molecule has 0 radical (unpaired) electrons. The quantitative estimate of drug-likeness (QED) is 0.378. The van der Waals surface area contributed by atoms with Crippen molar-refractivity contribution in [3.63, 3.8) is 0 Å². The summed E-state index contributed by atoms with van der Waals surface area (Å²) >= 11 is 0. The Bertz CT molecular complexity index is 197. The topological polar surface area (TPSA) is 18.5 Å². The molecule has 4 nitrogen and oxygen atoms in total. The SMILES string of the molecule is COC=C[N+](C)(C)C.COC=C[N+](C)(C)C.[Br-].[Cl-]. The van der Waals surface area contributed by atoms with Crippen LogP contribution < -0.4 is 29.4 Å². The van der Waals surface area contributed by atoms with Gasteiger partial charge in [-0.15, -0.1) is 0 Å². The predicted molar refractivity (Wildman–Crippen MR) is 68.4 cm³/mol. The van der Waals surface area contributed by atoms with Gasteiger partial charge in [-0.3, -0.25) is 0 Å². The largest absolute Gasteiger partial charge is 1.00 e. The van der Waals surface area contributed by atoms with Crippen LogP contribution in [0, 0.1) is 0 Å². The van der Waals surface area contributed by atoms with Crippen LogP contribution in [0.25, 0.3) is 0 Å². The number of quaternary nitrogens is 2. The lowest BCUT2D eigenvalue weighted by atomic mass is 10.7. The Kier molecular flexibility index (Phi) is 19.3. The van der Waals surface area contributed by atoms with Crippen LogP contribution in [0.4, 0.5) is 0 Å². The number of ether oxygens (including phenoxy) is 2. The molecule has 0 saturated heterocycles. The molecule has 0 aliphatic carbocycles. The highest BCUT2D eigenvalue weighted by Gasteiger charge is 1.98. The van der Waals surface area contributed by atoms with E-state index in [1.165, 1.54) is 0 Å². The van der Waals surface area contributed by atoms with Crippen LogP contribution in [0.1, 0.15) is 0 Å². The van der Waals surface area contributed by atoms with Crippen molar-refractivity contribution < 1.29 is 47.8 Å². The van der Waals surface area contributed by atoms with Crippen molar-refractivity contribution >= 4 is 0 Å². The smallest absolute Gasteiger partial charge is 0.135 e. The lowest BCUT2D eigenvalue weighted by Crippen LogP contribution is -3.00. The first kappa shape index (κ1) is 26.4. The van der Waals surface area contributed by atoms with Gasteiger partial charge >= 0.3 is 0 Å². The van der Waals surface area contributed by atoms with Crippen molar-refractivity contribution in [3.05, 3.63) is 24.9 Å². The van der Waals surface area contributed by atoms with E-state index in [0.29, 0.717) is 0 Å². The Morgan fingerprint density at radius 3 is 0.944 bits per heavy atom. The second-order valence-electron chi connectivity index (χ2n) is 5.27. The van der Waals surface area contributed by atoms with Crippen molar-refractivity contribution in [1.82, 2.24) is 0 Å². The van der Waals surface area contributed by atoms with Gasteiger partial charge in [0.05, 0.1) is 56.5 Å². The maximum Gasteiger partial charge on any atom is 0.135 e. The zero-order chi connectivity index (χ0) is 13.2. The number of hydrogen-bond donors (Lipinski definition) is 0. The molecule has 18 heavy (non-hydrogen) atoms. The average molecular weight is 348 g/mol. The van der Waals surface area contributed by atoms with Crippen molar-refractivity contribution in [3.8, 4) is 0 Å². The third-order valence-corrected chi connectivity index (χ3v) is 1.29. The molecule has 0 aliphatic heterocycles. The van der Waals surface area contributed by atoms with E-state index in [-0.39, 0.29) is 29.4 Å². The molecule has 0 bridgehead atoms. The maximum atomic E-state index is 4.72. The normalized spacial score (nSPS) is 11.1. The third kappa shape index (κ3) is 36.0. The number of hydrogen-bond acceptors (Lipinski definition) is 2. The van der Waals surface area contributed by atoms with Gasteiger partial charge in [0.2, 0.25) is 0 Å². The van der Waals surface area contributed by atoms with Gasteiger partial charge in [0.1, 0.15) is 24.9 Å². The van der Waals surface area contributed by atoms with Gasteiger partial charge in [-0.2, -0.15) is 0 Å². The molecule has 0 amide bonds. The second-order valence-corrected chi connectivity index (χ2v) is 5.27. The van der Waals surface area contributed by atoms with Gasteiger partial charge in [0.25, 0.3) is 0 Å². The number of halogens is 2. The summed E-state index contributed by atoms with van der Waals surface area (Å²) in [6.07, 6.45) is 7.28. The summed E-state index contributed by atoms with van der Waals surface area (Å²) in [5, 5.41) is 0. The van der Waals surface area contributed by atoms with E-state index in [0.717, 1.165) is 8.97 Å². The molecule has 0 fully saturated rings. The van der Waals surface area contributed by atoms with Gasteiger partial charge in [-0.05, 0) is 0 Å². The van der Waals surface area contributed by atoms with Gasteiger partial charge in [-0.25, -0.2) is 0 Å². The number of rotatable bonds is 4. The van der Waals surface area contributed by atoms with Crippen LogP contribution in [0.2, 0.25) is 0 Å². The minimum Gasteiger partial charge on any atom is -1.00 e. The van der Waals surface area contributed by atoms with Crippen molar-refractivity contribution in [1.29, 1.82) is 0 Å². The van der Waals surface area contributed by atoms with Crippen LogP contribution >= 0.6 is 0 Å². The standard InChI is InChI=1S/2C6H14NO.BrH.ClH/c2*1-7(2,3)5-6-8-4;;/h2*5-6H,1-4H3;2*1H/q2*+1;;/p-2. The first-order valence-corrected chi connectivity index (χ1v) is 5.15. The van der Waals surface area contributed by atoms with Crippen LogP contribution in [-0.2, 0) is 9.47 Å². The zero-order valence-electron chi connectivity index (χ0n) is 12.8. The van der Waals surface area contributed by atoms with Crippen LogP contribution in [-0.4, -0.2) is 65.5 Å². The molecule has 0 aromatic heterocycles. The van der Waals surface area contributed by atoms with Crippen LogP contribution in [0.3, 0.4) is 0 Å². The molecule has 0 spiro atoms. The fourth-order valence-corrected chi connectivity index (χ4v) is 0.487. The zero-order valence-corrected chi connectivity index (χ0v) is 15.1. The Labute approximate surface area is 129 Å². The summed E-state index contributed by atoms with van der Waals surface area (Å²) in [5.74, 6) is 0. The molecule has 0 atom stereocenters. The van der Waals surface area contributed by atoms with Crippen molar-refractivity contribution in [2.45, 2.75) is 0 Å². The molecular weight excluding hydrogens is 320 g/mol. The molecule has 0 N–H and O–H groups in total. The molecule has 0 unspecified atom stereocenters. The minimum absolute atomic E-state index is 0. The Morgan fingerprint density at radius 2 is 0.889 bits per heavy atom. The molecule has 6 heteroatoms. The summed E-state index contributed by atoms with van der Waals surface area (Å²) in [7, 11) is 15.7. The van der Waals surface area contributed by atoms with Crippen LogP contribution in [0.15, 0.2) is 24.9 Å². The Morgan fingerprint density at radius 1 is 0.667 bits per heavy atom. The monoisotopic (exact) mass is 346 g/mol. The maximum absolute atomic E-state index is 4.72. The molecule has 0 saturated carbocycles. The molecule has 0 heterocycles. The van der Waals surface area contributed by atoms with E-state index >= 15 is 0 Å². The van der Waals surface area contributed by atoms with Gasteiger partial charge < -0.3 is 47.8 Å². The predicted octanol–water partition coefficient (Wildman–Crippen LogP) is -4.37. The molecule has 0 aromatic rings. The lowest BCUT2D eigenvalue weighted by molar-refractivity contribution is -0.817. The van der Waals surface area contributed by atoms with E-state index in [4.69, 9.17) is 9.47 Å². The Hall–Kier alpha value is -0.230. The molecule has 112 valence electrons. The lowest BCUT2D eigenvalue weighted by Gasteiger charge is -2.16. The van der Waals surface area contributed by atoms with Crippen LogP contribution in [0.5, 0.6) is 0 Å². The second kappa shape index (κ2) is 13.2. The highest BCUT2D eigenvalue weighted by molar-refractivity contribution is 4.58.